The summed E-state index contributed by atoms with van der Waals surface area (Å²) in [5.41, 5.74) is 2.33. The molecule has 1 saturated heterocycles. The van der Waals surface area contributed by atoms with E-state index in [4.69, 9.17) is 0 Å². The van der Waals surface area contributed by atoms with Crippen LogP contribution in [-0.4, -0.2) is 67.7 Å². The summed E-state index contributed by atoms with van der Waals surface area (Å²) in [6, 6.07) is 5.51. The van der Waals surface area contributed by atoms with Gasteiger partial charge >= 0.3 is 0 Å². The van der Waals surface area contributed by atoms with Crippen molar-refractivity contribution in [3.05, 3.63) is 54.0 Å². The third kappa shape index (κ3) is 3.85. The lowest BCUT2D eigenvalue weighted by atomic mass is 10.2. The number of fused-ring (bicyclic) bond motifs is 1. The highest BCUT2D eigenvalue weighted by Crippen LogP contribution is 2.16. The second-order valence-electron chi connectivity index (χ2n) is 6.91. The topological polar surface area (TPSA) is 95.1 Å². The lowest BCUT2D eigenvalue weighted by molar-refractivity contribution is -0.132. The van der Waals surface area contributed by atoms with Crippen molar-refractivity contribution in [2.24, 2.45) is 0 Å². The van der Waals surface area contributed by atoms with Crippen molar-refractivity contribution >= 4 is 22.7 Å². The van der Waals surface area contributed by atoms with Crippen molar-refractivity contribution in [1.29, 1.82) is 0 Å². The molecule has 1 aliphatic heterocycles. The minimum Gasteiger partial charge on any atom is -0.350 e. The molecule has 8 heteroatoms. The molecule has 0 spiro atoms. The maximum absolute atomic E-state index is 12.7. The quantitative estimate of drug-likeness (QED) is 0.744. The highest BCUT2D eigenvalue weighted by Gasteiger charge is 2.25. The van der Waals surface area contributed by atoms with Crippen LogP contribution in [-0.2, 0) is 11.2 Å². The second kappa shape index (κ2) is 7.75. The van der Waals surface area contributed by atoms with Gasteiger partial charge in [-0.25, -0.2) is 9.97 Å². The first-order valence-electron chi connectivity index (χ1n) is 9.38. The third-order valence-electron chi connectivity index (χ3n) is 5.00. The zero-order chi connectivity index (χ0) is 19.5. The molecule has 1 aliphatic rings. The van der Waals surface area contributed by atoms with Crippen LogP contribution in [0.2, 0.25) is 0 Å². The molecule has 0 unspecified atom stereocenters. The molecule has 3 aromatic rings. The molecule has 0 aromatic carbocycles. The number of pyridine rings is 1. The van der Waals surface area contributed by atoms with Crippen LogP contribution in [0.25, 0.3) is 10.9 Å². The van der Waals surface area contributed by atoms with E-state index in [1.54, 1.807) is 23.5 Å². The van der Waals surface area contributed by atoms with Crippen molar-refractivity contribution in [1.82, 2.24) is 29.7 Å². The van der Waals surface area contributed by atoms with Crippen molar-refractivity contribution in [3.63, 3.8) is 0 Å². The maximum Gasteiger partial charge on any atom is 0.270 e. The van der Waals surface area contributed by atoms with E-state index in [9.17, 15) is 9.59 Å². The normalized spacial score (nSPS) is 14.5. The number of hydrogen-bond donors (Lipinski definition) is 1. The molecule has 4 heterocycles. The zero-order valence-corrected chi connectivity index (χ0v) is 15.8. The third-order valence-corrected chi connectivity index (χ3v) is 5.00. The average molecular weight is 378 g/mol. The van der Waals surface area contributed by atoms with Crippen LogP contribution >= 0.6 is 0 Å². The van der Waals surface area contributed by atoms with Crippen LogP contribution < -0.4 is 0 Å². The molecule has 0 atom stereocenters. The fraction of sp³-hybridized carbons (Fsp3) is 0.350. The molecular formula is C20H22N6O2. The van der Waals surface area contributed by atoms with Crippen LogP contribution in [0.3, 0.4) is 0 Å². The predicted molar refractivity (Wildman–Crippen MR) is 104 cm³/mol. The molecule has 28 heavy (non-hydrogen) atoms. The van der Waals surface area contributed by atoms with Gasteiger partial charge in [0.2, 0.25) is 5.91 Å². The largest absolute Gasteiger partial charge is 0.350 e. The molecule has 8 nitrogen and oxygen atoms in total. The zero-order valence-electron chi connectivity index (χ0n) is 15.8. The van der Waals surface area contributed by atoms with E-state index in [1.165, 1.54) is 0 Å². The van der Waals surface area contributed by atoms with Gasteiger partial charge < -0.3 is 14.8 Å². The Labute approximate surface area is 162 Å². The Kier molecular flexibility index (Phi) is 5.01. The molecule has 3 aromatic heterocycles. The van der Waals surface area contributed by atoms with Crippen molar-refractivity contribution in [3.8, 4) is 0 Å². The number of piperazine rings is 1. The molecule has 0 radical (unpaired) electrons. The summed E-state index contributed by atoms with van der Waals surface area (Å²) in [5.74, 6) is 0.768. The highest BCUT2D eigenvalue weighted by atomic mass is 16.2. The number of aryl methyl sites for hydroxylation is 2. The maximum atomic E-state index is 12.7. The molecule has 1 N–H and O–H groups in total. The second-order valence-corrected chi connectivity index (χ2v) is 6.91. The van der Waals surface area contributed by atoms with E-state index in [0.29, 0.717) is 50.5 Å². The Morgan fingerprint density at radius 3 is 2.64 bits per heavy atom. The number of nitrogens with zero attached hydrogens (tertiary/aromatic N) is 5. The summed E-state index contributed by atoms with van der Waals surface area (Å²) >= 11 is 0. The average Bonchev–Trinajstić information content (AvgIpc) is 3.16. The molecule has 0 bridgehead atoms. The predicted octanol–water partition coefficient (Wildman–Crippen LogP) is 1.58. The van der Waals surface area contributed by atoms with Crippen molar-refractivity contribution in [2.45, 2.75) is 19.8 Å². The first-order chi connectivity index (χ1) is 13.6. The Bertz CT molecular complexity index is 974. The van der Waals surface area contributed by atoms with Gasteiger partial charge in [0.25, 0.3) is 5.91 Å². The van der Waals surface area contributed by atoms with Gasteiger partial charge in [-0.15, -0.1) is 0 Å². The Hall–Kier alpha value is -3.29. The number of hydrogen-bond acceptors (Lipinski definition) is 5. The number of aromatic amines is 1. The number of carbonyl (C=O) groups is 2. The summed E-state index contributed by atoms with van der Waals surface area (Å²) in [5, 5.41) is 0.916. The van der Waals surface area contributed by atoms with Crippen LogP contribution in [0.1, 0.15) is 28.4 Å². The molecule has 1 fully saturated rings. The lowest BCUT2D eigenvalue weighted by Crippen LogP contribution is -2.50. The number of aromatic nitrogens is 4. The summed E-state index contributed by atoms with van der Waals surface area (Å²) in [7, 11) is 0. The van der Waals surface area contributed by atoms with Crippen LogP contribution in [0.5, 0.6) is 0 Å². The van der Waals surface area contributed by atoms with E-state index in [2.05, 4.69) is 19.9 Å². The minimum absolute atomic E-state index is 0.0419. The highest BCUT2D eigenvalue weighted by molar-refractivity contribution is 5.98. The van der Waals surface area contributed by atoms with Crippen LogP contribution in [0.4, 0.5) is 0 Å². The summed E-state index contributed by atoms with van der Waals surface area (Å²) in [4.78, 5) is 44.5. The monoisotopic (exact) mass is 378 g/mol. The van der Waals surface area contributed by atoms with Crippen LogP contribution in [0, 0.1) is 6.92 Å². The molecule has 4 rings (SSSR count). The van der Waals surface area contributed by atoms with Gasteiger partial charge in [0, 0.05) is 67.8 Å². The number of rotatable bonds is 4. The van der Waals surface area contributed by atoms with E-state index in [0.717, 1.165) is 16.6 Å². The van der Waals surface area contributed by atoms with Gasteiger partial charge in [-0.3, -0.25) is 14.6 Å². The van der Waals surface area contributed by atoms with E-state index in [-0.39, 0.29) is 11.8 Å². The number of amides is 2. The molecular weight excluding hydrogens is 356 g/mol. The van der Waals surface area contributed by atoms with Crippen LogP contribution in [0.15, 0.2) is 36.8 Å². The molecule has 144 valence electrons. The van der Waals surface area contributed by atoms with Crippen molar-refractivity contribution < 1.29 is 9.59 Å². The fourth-order valence-corrected chi connectivity index (χ4v) is 3.45. The van der Waals surface area contributed by atoms with E-state index in [1.807, 2.05) is 30.0 Å². The summed E-state index contributed by atoms with van der Waals surface area (Å²) in [6.07, 6.45) is 6.16. The standard InChI is InChI=1S/C20H22N6O2/c1-14-22-7-4-16(23-14)2-3-19(27)25-8-10-26(11-9-25)20(28)18-12-15-13-21-6-5-17(15)24-18/h4-7,12-13,24H,2-3,8-11H2,1H3. The van der Waals surface area contributed by atoms with Gasteiger partial charge in [0.1, 0.15) is 11.5 Å². The SMILES string of the molecule is Cc1nccc(CCC(=O)N2CCN(C(=O)c3cc4cnccc4[nH]3)CC2)n1. The minimum atomic E-state index is -0.0419. The van der Waals surface area contributed by atoms with E-state index >= 15 is 0 Å². The van der Waals surface area contributed by atoms with E-state index < -0.39 is 0 Å². The van der Waals surface area contributed by atoms with Crippen molar-refractivity contribution in [2.75, 3.05) is 26.2 Å². The number of H-pyrrole nitrogens is 1. The molecule has 0 saturated carbocycles. The smallest absolute Gasteiger partial charge is 0.270 e. The number of carbonyl (C=O) groups excluding carboxylic acids is 2. The first-order valence-corrected chi connectivity index (χ1v) is 9.38. The van der Waals surface area contributed by atoms with Gasteiger partial charge in [0.15, 0.2) is 0 Å². The summed E-state index contributed by atoms with van der Waals surface area (Å²) in [6.45, 7) is 4.01. The summed E-state index contributed by atoms with van der Waals surface area (Å²) < 4.78 is 0. The van der Waals surface area contributed by atoms with Gasteiger partial charge in [-0.2, -0.15) is 0 Å². The Balaban J connectivity index is 1.31. The van der Waals surface area contributed by atoms with Gasteiger partial charge in [-0.05, 0) is 31.5 Å². The Morgan fingerprint density at radius 1 is 1.11 bits per heavy atom. The first kappa shape index (κ1) is 18.1. The Morgan fingerprint density at radius 2 is 1.89 bits per heavy atom. The number of nitrogens with one attached hydrogen (secondary N) is 1. The fourth-order valence-electron chi connectivity index (χ4n) is 3.45. The lowest BCUT2D eigenvalue weighted by Gasteiger charge is -2.34. The molecule has 2 amide bonds. The van der Waals surface area contributed by atoms with Gasteiger partial charge in [0.05, 0.1) is 0 Å². The van der Waals surface area contributed by atoms with Gasteiger partial charge in [-0.1, -0.05) is 0 Å². The molecule has 0 aliphatic carbocycles.